The average Bonchev–Trinajstić information content (AvgIpc) is 2.44. The highest BCUT2D eigenvalue weighted by atomic mass is 19.1. The van der Waals surface area contributed by atoms with E-state index in [-0.39, 0.29) is 5.92 Å². The van der Waals surface area contributed by atoms with E-state index in [2.05, 4.69) is 19.2 Å². The van der Waals surface area contributed by atoms with E-state index in [0.717, 1.165) is 25.7 Å². The summed E-state index contributed by atoms with van der Waals surface area (Å²) in [7, 11) is 2.00. The first-order valence-corrected chi connectivity index (χ1v) is 6.91. The third-order valence-electron chi connectivity index (χ3n) is 4.91. The van der Waals surface area contributed by atoms with Gasteiger partial charge in [-0.1, -0.05) is 18.6 Å². The molecule has 1 aliphatic heterocycles. The van der Waals surface area contributed by atoms with Crippen molar-refractivity contribution in [2.24, 2.45) is 11.8 Å². The molecular formula is C15H22FN. The van der Waals surface area contributed by atoms with Crippen LogP contribution in [0.1, 0.15) is 39.0 Å². The molecule has 0 N–H and O–H groups in total. The average molecular weight is 235 g/mol. The first kappa shape index (κ1) is 11.3. The number of alkyl halides is 1. The quantitative estimate of drug-likeness (QED) is 0.579. The fraction of sp³-hybridized carbons (Fsp3) is 0.733. The lowest BCUT2D eigenvalue weighted by Crippen LogP contribution is -2.46. The molecule has 0 fully saturated rings. The van der Waals surface area contributed by atoms with Crippen LogP contribution in [0.15, 0.2) is 23.4 Å². The molecule has 2 aliphatic carbocycles. The summed E-state index contributed by atoms with van der Waals surface area (Å²) in [6.45, 7) is 2.63. The summed E-state index contributed by atoms with van der Waals surface area (Å²) in [6, 6.07) is 0. The van der Waals surface area contributed by atoms with Crippen molar-refractivity contribution in [3.8, 4) is 0 Å². The first-order chi connectivity index (χ1) is 8.11. The van der Waals surface area contributed by atoms with Gasteiger partial charge in [0.25, 0.3) is 0 Å². The van der Waals surface area contributed by atoms with Crippen LogP contribution in [-0.4, -0.2) is 24.2 Å². The Kier molecular flexibility index (Phi) is 2.57. The van der Waals surface area contributed by atoms with Crippen molar-refractivity contribution in [3.05, 3.63) is 23.4 Å². The maximum Gasteiger partial charge on any atom is 0.152 e. The van der Waals surface area contributed by atoms with Crippen LogP contribution in [0.2, 0.25) is 0 Å². The minimum atomic E-state index is -1.07. The minimum absolute atomic E-state index is 0.171. The molecule has 1 nitrogen and oxygen atoms in total. The molecule has 0 amide bonds. The molecule has 3 atom stereocenters. The van der Waals surface area contributed by atoms with Gasteiger partial charge < -0.3 is 4.90 Å². The molecule has 0 bridgehead atoms. The van der Waals surface area contributed by atoms with Gasteiger partial charge in [0, 0.05) is 13.0 Å². The molecule has 2 heteroatoms. The Balaban J connectivity index is 2.12. The Bertz CT molecular complexity index is 384. The third kappa shape index (κ3) is 1.64. The van der Waals surface area contributed by atoms with Crippen molar-refractivity contribution in [2.75, 3.05) is 13.6 Å². The maximum absolute atomic E-state index is 15.5. The molecule has 0 aromatic rings. The SMILES string of the molecule is CC1CCC2=C3C(C=CN(C)CC31F)CCC2. The fourth-order valence-corrected chi connectivity index (χ4v) is 3.92. The molecule has 1 heterocycles. The van der Waals surface area contributed by atoms with Crippen LogP contribution >= 0.6 is 0 Å². The number of hydrogen-bond donors (Lipinski definition) is 0. The molecule has 0 aromatic carbocycles. The second-order valence-electron chi connectivity index (χ2n) is 6.07. The van der Waals surface area contributed by atoms with Crippen molar-refractivity contribution in [1.82, 2.24) is 4.90 Å². The van der Waals surface area contributed by atoms with Gasteiger partial charge in [-0.25, -0.2) is 4.39 Å². The summed E-state index contributed by atoms with van der Waals surface area (Å²) < 4.78 is 15.5. The number of nitrogens with zero attached hydrogens (tertiary/aromatic N) is 1. The lowest BCUT2D eigenvalue weighted by Gasteiger charge is -2.44. The minimum Gasteiger partial charge on any atom is -0.377 e. The second-order valence-corrected chi connectivity index (χ2v) is 6.07. The van der Waals surface area contributed by atoms with E-state index in [0.29, 0.717) is 12.5 Å². The van der Waals surface area contributed by atoms with Gasteiger partial charge in [-0.05, 0) is 49.8 Å². The van der Waals surface area contributed by atoms with E-state index in [1.807, 2.05) is 11.9 Å². The Morgan fingerprint density at radius 2 is 2.18 bits per heavy atom. The normalized spacial score (nSPS) is 41.2. The highest BCUT2D eigenvalue weighted by Crippen LogP contribution is 2.50. The molecule has 3 rings (SSSR count). The van der Waals surface area contributed by atoms with E-state index in [9.17, 15) is 0 Å². The van der Waals surface area contributed by atoms with E-state index >= 15 is 4.39 Å². The van der Waals surface area contributed by atoms with Crippen LogP contribution in [0.4, 0.5) is 4.39 Å². The molecule has 3 unspecified atom stereocenters. The Morgan fingerprint density at radius 3 is 3.00 bits per heavy atom. The molecule has 94 valence electrons. The predicted molar refractivity (Wildman–Crippen MR) is 68.4 cm³/mol. The Labute approximate surface area is 103 Å². The van der Waals surface area contributed by atoms with Gasteiger partial charge in [-0.3, -0.25) is 0 Å². The number of rotatable bonds is 0. The van der Waals surface area contributed by atoms with Crippen molar-refractivity contribution in [3.63, 3.8) is 0 Å². The molecule has 0 saturated heterocycles. The van der Waals surface area contributed by atoms with Gasteiger partial charge in [0.15, 0.2) is 5.67 Å². The third-order valence-corrected chi connectivity index (χ3v) is 4.91. The van der Waals surface area contributed by atoms with E-state index < -0.39 is 5.67 Å². The van der Waals surface area contributed by atoms with E-state index in [4.69, 9.17) is 0 Å². The van der Waals surface area contributed by atoms with Gasteiger partial charge in [0.2, 0.25) is 0 Å². The zero-order valence-electron chi connectivity index (χ0n) is 10.9. The van der Waals surface area contributed by atoms with Crippen molar-refractivity contribution >= 4 is 0 Å². The Morgan fingerprint density at radius 1 is 1.35 bits per heavy atom. The van der Waals surface area contributed by atoms with Crippen LogP contribution in [0.5, 0.6) is 0 Å². The van der Waals surface area contributed by atoms with Crippen LogP contribution < -0.4 is 0 Å². The number of allylic oxidation sites excluding steroid dienone is 2. The first-order valence-electron chi connectivity index (χ1n) is 6.91. The lowest BCUT2D eigenvalue weighted by atomic mass is 9.65. The number of hydrogen-bond acceptors (Lipinski definition) is 1. The van der Waals surface area contributed by atoms with Gasteiger partial charge in [0.1, 0.15) is 0 Å². The summed E-state index contributed by atoms with van der Waals surface area (Å²) in [4.78, 5) is 2.03. The molecular weight excluding hydrogens is 213 g/mol. The lowest BCUT2D eigenvalue weighted by molar-refractivity contribution is 0.0782. The van der Waals surface area contributed by atoms with Crippen molar-refractivity contribution < 1.29 is 4.39 Å². The van der Waals surface area contributed by atoms with Crippen molar-refractivity contribution in [1.29, 1.82) is 0 Å². The Hall–Kier alpha value is -0.790. The summed E-state index contributed by atoms with van der Waals surface area (Å²) >= 11 is 0. The summed E-state index contributed by atoms with van der Waals surface area (Å²) in [5, 5.41) is 0. The van der Waals surface area contributed by atoms with Gasteiger partial charge >= 0.3 is 0 Å². The van der Waals surface area contributed by atoms with Crippen LogP contribution in [0.3, 0.4) is 0 Å². The zero-order chi connectivity index (χ0) is 12.0. The highest BCUT2D eigenvalue weighted by molar-refractivity contribution is 5.37. The summed E-state index contributed by atoms with van der Waals surface area (Å²) in [5.41, 5.74) is 1.54. The van der Waals surface area contributed by atoms with E-state index in [1.165, 1.54) is 17.6 Å². The molecule has 17 heavy (non-hydrogen) atoms. The summed E-state index contributed by atoms with van der Waals surface area (Å²) in [6.07, 6.45) is 10.00. The fourth-order valence-electron chi connectivity index (χ4n) is 3.92. The van der Waals surface area contributed by atoms with Gasteiger partial charge in [-0.15, -0.1) is 0 Å². The van der Waals surface area contributed by atoms with Crippen LogP contribution in [0.25, 0.3) is 0 Å². The van der Waals surface area contributed by atoms with Gasteiger partial charge in [-0.2, -0.15) is 0 Å². The topological polar surface area (TPSA) is 3.24 Å². The molecule has 3 aliphatic rings. The van der Waals surface area contributed by atoms with E-state index in [1.54, 1.807) is 0 Å². The second kappa shape index (κ2) is 3.86. The maximum atomic E-state index is 15.5. The van der Waals surface area contributed by atoms with Crippen molar-refractivity contribution in [2.45, 2.75) is 44.7 Å². The zero-order valence-corrected chi connectivity index (χ0v) is 10.9. The standard InChI is InChI=1S/C15H22FN/c1-11-6-7-12-4-3-5-13-8-9-17(2)10-15(11,16)14(12)13/h8-9,11,13H,3-7,10H2,1-2H3. The molecule has 0 aromatic heterocycles. The largest absolute Gasteiger partial charge is 0.377 e. The summed E-state index contributed by atoms with van der Waals surface area (Å²) in [5.74, 6) is 0.542. The smallest absolute Gasteiger partial charge is 0.152 e. The molecule has 0 spiro atoms. The number of halogens is 1. The predicted octanol–water partition coefficient (Wildman–Crippen LogP) is 3.68. The monoisotopic (exact) mass is 235 g/mol. The van der Waals surface area contributed by atoms with Crippen LogP contribution in [-0.2, 0) is 0 Å². The van der Waals surface area contributed by atoms with Gasteiger partial charge in [0.05, 0.1) is 6.54 Å². The molecule has 0 saturated carbocycles. The molecule has 0 radical (unpaired) electrons. The highest BCUT2D eigenvalue weighted by Gasteiger charge is 2.48. The van der Waals surface area contributed by atoms with Crippen LogP contribution in [0, 0.1) is 11.8 Å².